The maximum atomic E-state index is 5.96. The number of morpholine rings is 1. The van der Waals surface area contributed by atoms with Gasteiger partial charge in [0.2, 0.25) is 0 Å². The lowest BCUT2D eigenvalue weighted by atomic mass is 10.1. The number of anilines is 1. The minimum absolute atomic E-state index is 0.390. The number of ether oxygens (including phenoxy) is 1. The predicted molar refractivity (Wildman–Crippen MR) is 72.2 cm³/mol. The van der Waals surface area contributed by atoms with E-state index in [-0.39, 0.29) is 0 Å². The van der Waals surface area contributed by atoms with Crippen molar-refractivity contribution >= 4 is 16.5 Å². The lowest BCUT2D eigenvalue weighted by Gasteiger charge is -2.36. The first-order chi connectivity index (χ1) is 8.90. The molecular weight excluding hydrogens is 246 g/mol. The van der Waals surface area contributed by atoms with Crippen LogP contribution in [0, 0.1) is 5.92 Å². The van der Waals surface area contributed by atoms with E-state index >= 15 is 0 Å². The molecule has 3 aliphatic rings. The molecule has 1 aromatic heterocycles. The van der Waals surface area contributed by atoms with E-state index in [0.29, 0.717) is 12.1 Å². The second-order valence-corrected chi connectivity index (χ2v) is 6.51. The van der Waals surface area contributed by atoms with E-state index in [2.05, 4.69) is 20.2 Å². The van der Waals surface area contributed by atoms with Gasteiger partial charge in [-0.2, -0.15) is 0 Å². The van der Waals surface area contributed by atoms with Gasteiger partial charge in [0.25, 0.3) is 0 Å². The number of hydrogen-bond acceptors (Lipinski definition) is 5. The first-order valence-corrected chi connectivity index (χ1v) is 7.78. The topological polar surface area (TPSA) is 28.6 Å². The van der Waals surface area contributed by atoms with Crippen LogP contribution in [0.1, 0.15) is 12.8 Å². The molecule has 1 saturated carbocycles. The van der Waals surface area contributed by atoms with Crippen molar-refractivity contribution < 1.29 is 4.74 Å². The minimum atomic E-state index is 0.390. The van der Waals surface area contributed by atoms with Crippen LogP contribution in [0.25, 0.3) is 0 Å². The number of rotatable bonds is 3. The molecule has 4 nitrogen and oxygen atoms in total. The highest BCUT2D eigenvalue weighted by molar-refractivity contribution is 7.13. The summed E-state index contributed by atoms with van der Waals surface area (Å²) in [6.07, 6.45) is 5.15. The summed E-state index contributed by atoms with van der Waals surface area (Å²) in [7, 11) is 0. The molecule has 2 saturated heterocycles. The third kappa shape index (κ3) is 2.04. The van der Waals surface area contributed by atoms with Crippen molar-refractivity contribution in [3.63, 3.8) is 0 Å². The summed E-state index contributed by atoms with van der Waals surface area (Å²) in [4.78, 5) is 9.48. The van der Waals surface area contributed by atoms with Crippen molar-refractivity contribution in [3.05, 3.63) is 11.6 Å². The molecule has 0 N–H and O–H groups in total. The van der Waals surface area contributed by atoms with Crippen LogP contribution in [0.3, 0.4) is 0 Å². The molecule has 0 bridgehead atoms. The van der Waals surface area contributed by atoms with Crippen LogP contribution in [0.4, 0.5) is 5.13 Å². The van der Waals surface area contributed by atoms with Crippen molar-refractivity contribution in [2.75, 3.05) is 37.7 Å². The zero-order valence-corrected chi connectivity index (χ0v) is 11.3. The Balaban J connectivity index is 1.48. The number of nitrogens with zero attached hydrogens (tertiary/aromatic N) is 3. The third-order valence-electron chi connectivity index (χ3n) is 4.30. The van der Waals surface area contributed by atoms with Gasteiger partial charge in [-0.3, -0.25) is 4.90 Å². The molecule has 1 aromatic rings. The zero-order chi connectivity index (χ0) is 11.9. The second-order valence-electron chi connectivity index (χ2n) is 5.63. The van der Waals surface area contributed by atoms with E-state index in [1.54, 1.807) is 11.3 Å². The average Bonchev–Trinajstić information content (AvgIpc) is 2.92. The largest absolute Gasteiger partial charge is 0.373 e. The van der Waals surface area contributed by atoms with E-state index in [9.17, 15) is 0 Å². The number of hydrogen-bond donors (Lipinski definition) is 0. The van der Waals surface area contributed by atoms with Gasteiger partial charge in [-0.1, -0.05) is 0 Å². The SMILES string of the molecule is c1csc(N2C[C@H]3OCCN(CC4CC4)[C@H]3C2)n1. The van der Waals surface area contributed by atoms with Gasteiger partial charge >= 0.3 is 0 Å². The Kier molecular flexibility index (Phi) is 2.78. The van der Waals surface area contributed by atoms with Crippen molar-refractivity contribution in [2.24, 2.45) is 5.92 Å². The van der Waals surface area contributed by atoms with Gasteiger partial charge in [-0.15, -0.1) is 11.3 Å². The highest BCUT2D eigenvalue weighted by atomic mass is 32.1. The predicted octanol–water partition coefficient (Wildman–Crippen LogP) is 1.44. The van der Waals surface area contributed by atoms with Crippen LogP contribution >= 0.6 is 11.3 Å². The molecule has 2 atom stereocenters. The molecular formula is C13H19N3OS. The molecule has 3 heterocycles. The van der Waals surface area contributed by atoms with Crippen LogP contribution < -0.4 is 4.90 Å². The lowest BCUT2D eigenvalue weighted by Crippen LogP contribution is -2.51. The van der Waals surface area contributed by atoms with Crippen molar-refractivity contribution in [2.45, 2.75) is 25.0 Å². The van der Waals surface area contributed by atoms with Gasteiger partial charge in [-0.25, -0.2) is 4.98 Å². The average molecular weight is 265 g/mol. The molecule has 4 rings (SSSR count). The Morgan fingerprint density at radius 3 is 3.11 bits per heavy atom. The maximum Gasteiger partial charge on any atom is 0.185 e. The first kappa shape index (κ1) is 11.2. The molecule has 0 unspecified atom stereocenters. The van der Waals surface area contributed by atoms with E-state index in [4.69, 9.17) is 4.74 Å². The Bertz CT molecular complexity index is 406. The molecule has 0 aromatic carbocycles. The summed E-state index contributed by atoms with van der Waals surface area (Å²) in [6.45, 7) is 5.41. The molecule has 0 spiro atoms. The van der Waals surface area contributed by atoms with Gasteiger partial charge in [0.15, 0.2) is 5.13 Å². The van der Waals surface area contributed by atoms with Gasteiger partial charge in [0.1, 0.15) is 0 Å². The summed E-state index contributed by atoms with van der Waals surface area (Å²) in [5.41, 5.74) is 0. The first-order valence-electron chi connectivity index (χ1n) is 6.90. The fourth-order valence-electron chi connectivity index (χ4n) is 3.15. The highest BCUT2D eigenvalue weighted by Crippen LogP contribution is 2.34. The van der Waals surface area contributed by atoms with E-state index < -0.39 is 0 Å². The van der Waals surface area contributed by atoms with E-state index in [1.807, 2.05) is 6.20 Å². The molecule has 3 fully saturated rings. The lowest BCUT2D eigenvalue weighted by molar-refractivity contribution is -0.0480. The van der Waals surface area contributed by atoms with Crippen LogP contribution in [-0.4, -0.2) is 54.8 Å². The Labute approximate surface area is 112 Å². The molecule has 98 valence electrons. The number of thiazole rings is 1. The Morgan fingerprint density at radius 2 is 2.33 bits per heavy atom. The van der Waals surface area contributed by atoms with E-state index in [1.165, 1.54) is 19.4 Å². The van der Waals surface area contributed by atoms with Crippen LogP contribution in [0.2, 0.25) is 0 Å². The molecule has 18 heavy (non-hydrogen) atoms. The molecule has 0 amide bonds. The number of fused-ring (bicyclic) bond motifs is 1. The zero-order valence-electron chi connectivity index (χ0n) is 10.5. The van der Waals surface area contributed by atoms with Crippen molar-refractivity contribution in [1.82, 2.24) is 9.88 Å². The molecule has 2 aliphatic heterocycles. The highest BCUT2D eigenvalue weighted by Gasteiger charge is 2.42. The summed E-state index contributed by atoms with van der Waals surface area (Å²) < 4.78 is 5.96. The smallest absolute Gasteiger partial charge is 0.185 e. The standard InChI is InChI=1S/C13H19N3OS/c1-2-10(1)7-15-4-5-17-12-9-16(8-11(12)15)13-14-3-6-18-13/h3,6,10-12H,1-2,4-5,7-9H2/t11-,12+/m0/s1. The molecule has 5 heteroatoms. The molecule has 0 radical (unpaired) electrons. The normalized spacial score (nSPS) is 32.8. The maximum absolute atomic E-state index is 5.96. The number of aromatic nitrogens is 1. The van der Waals surface area contributed by atoms with Crippen molar-refractivity contribution in [3.8, 4) is 0 Å². The van der Waals surface area contributed by atoms with Crippen LogP contribution in [0.5, 0.6) is 0 Å². The van der Waals surface area contributed by atoms with Crippen LogP contribution in [0.15, 0.2) is 11.6 Å². The van der Waals surface area contributed by atoms with Gasteiger partial charge in [0.05, 0.1) is 18.8 Å². The fourth-order valence-corrected chi connectivity index (χ4v) is 3.81. The summed E-state index contributed by atoms with van der Waals surface area (Å²) in [5.74, 6) is 0.970. The monoisotopic (exact) mass is 265 g/mol. The summed E-state index contributed by atoms with van der Waals surface area (Å²) in [6, 6.07) is 0.586. The third-order valence-corrected chi connectivity index (χ3v) is 5.13. The Hall–Kier alpha value is -0.650. The van der Waals surface area contributed by atoms with Crippen molar-refractivity contribution in [1.29, 1.82) is 0 Å². The summed E-state index contributed by atoms with van der Waals surface area (Å²) >= 11 is 1.73. The van der Waals surface area contributed by atoms with Gasteiger partial charge < -0.3 is 9.64 Å². The second kappa shape index (κ2) is 4.47. The minimum Gasteiger partial charge on any atom is -0.373 e. The van der Waals surface area contributed by atoms with E-state index in [0.717, 1.165) is 37.3 Å². The van der Waals surface area contributed by atoms with Gasteiger partial charge in [-0.05, 0) is 18.8 Å². The fraction of sp³-hybridized carbons (Fsp3) is 0.769. The Morgan fingerprint density at radius 1 is 1.39 bits per heavy atom. The summed E-state index contributed by atoms with van der Waals surface area (Å²) in [5, 5.41) is 3.21. The van der Waals surface area contributed by atoms with Crippen LogP contribution in [-0.2, 0) is 4.74 Å². The molecule has 1 aliphatic carbocycles. The quantitative estimate of drug-likeness (QED) is 0.827. The van der Waals surface area contributed by atoms with Gasteiger partial charge in [0, 0.05) is 37.8 Å².